The van der Waals surface area contributed by atoms with Crippen molar-refractivity contribution in [2.24, 2.45) is 5.73 Å². The van der Waals surface area contributed by atoms with Crippen molar-refractivity contribution in [2.75, 3.05) is 0 Å². The summed E-state index contributed by atoms with van der Waals surface area (Å²) in [6, 6.07) is 8.32. The number of H-pyrrole nitrogens is 2. The molecule has 4 N–H and O–H groups in total. The van der Waals surface area contributed by atoms with Crippen molar-refractivity contribution < 1.29 is 0 Å². The van der Waals surface area contributed by atoms with E-state index in [1.165, 1.54) is 0 Å². The van der Waals surface area contributed by atoms with Gasteiger partial charge < -0.3 is 15.7 Å². The predicted molar refractivity (Wildman–Crippen MR) is 89.1 cm³/mol. The molecule has 0 saturated carbocycles. The minimum Gasteiger partial charge on any atom is -0.320 e. The topological polar surface area (TPSA) is 74.7 Å². The summed E-state index contributed by atoms with van der Waals surface area (Å²) in [5, 5.41) is 1.11. The summed E-state index contributed by atoms with van der Waals surface area (Å²) in [5.41, 5.74) is 8.98. The maximum absolute atomic E-state index is 11.4. The molecule has 0 saturated heterocycles. The monoisotopic (exact) mass is 385 g/mol. The van der Waals surface area contributed by atoms with E-state index in [1.807, 2.05) is 6.07 Å². The van der Waals surface area contributed by atoms with Gasteiger partial charge in [-0.25, -0.2) is 4.79 Å². The van der Waals surface area contributed by atoms with Gasteiger partial charge in [-0.15, -0.1) is 0 Å². The van der Waals surface area contributed by atoms with Gasteiger partial charge in [-0.1, -0.05) is 39.1 Å². The summed E-state index contributed by atoms with van der Waals surface area (Å²) >= 11 is 15.7. The quantitative estimate of drug-likeness (QED) is 0.623. The number of aromatic amines is 2. The number of hydrogen-bond acceptors (Lipinski definition) is 2. The zero-order valence-electron chi connectivity index (χ0n) is 10.6. The molecule has 1 unspecified atom stereocenters. The first-order chi connectivity index (χ1) is 9.95. The molecule has 0 spiro atoms. The Morgan fingerprint density at radius 1 is 1.05 bits per heavy atom. The molecule has 1 atom stereocenters. The van der Waals surface area contributed by atoms with Gasteiger partial charge in [-0.3, -0.25) is 0 Å². The number of rotatable bonds is 2. The standard InChI is InChI=1S/C14H10BrCl2N3O/c15-9-5-12-11(19-14(21)20-12)4-7(9)13(18)8-3-6(16)1-2-10(8)17/h1-5,13H,18H2,(H2,19,20,21). The third kappa shape index (κ3) is 2.74. The van der Waals surface area contributed by atoms with Gasteiger partial charge in [0.15, 0.2) is 0 Å². The van der Waals surface area contributed by atoms with E-state index < -0.39 is 6.04 Å². The van der Waals surface area contributed by atoms with Crippen LogP contribution in [0.25, 0.3) is 11.0 Å². The van der Waals surface area contributed by atoms with Crippen molar-refractivity contribution in [3.8, 4) is 0 Å². The minimum atomic E-state index is -0.464. The second-order valence-corrected chi connectivity index (χ2v) is 6.34. The molecule has 0 radical (unpaired) electrons. The summed E-state index contributed by atoms with van der Waals surface area (Å²) in [4.78, 5) is 16.8. The third-order valence-corrected chi connectivity index (χ3v) is 4.53. The molecule has 0 aliphatic heterocycles. The number of nitrogens with one attached hydrogen (secondary N) is 2. The SMILES string of the molecule is NC(c1cc(Cl)ccc1Cl)c1cc2[nH]c(=O)[nH]c2cc1Br. The molecule has 4 nitrogen and oxygen atoms in total. The molecule has 0 aliphatic carbocycles. The average Bonchev–Trinajstić information content (AvgIpc) is 2.79. The third-order valence-electron chi connectivity index (χ3n) is 3.26. The molecular formula is C14H10BrCl2N3O. The molecular weight excluding hydrogens is 377 g/mol. The number of halogens is 3. The zero-order valence-corrected chi connectivity index (χ0v) is 13.7. The van der Waals surface area contributed by atoms with Gasteiger partial charge in [0, 0.05) is 14.5 Å². The number of aromatic nitrogens is 2. The van der Waals surface area contributed by atoms with Gasteiger partial charge in [0.05, 0.1) is 17.1 Å². The number of fused-ring (bicyclic) bond motifs is 1. The first-order valence-corrected chi connectivity index (χ1v) is 7.62. The Balaban J connectivity index is 2.16. The Morgan fingerprint density at radius 3 is 2.43 bits per heavy atom. The highest BCUT2D eigenvalue weighted by Gasteiger charge is 2.17. The zero-order chi connectivity index (χ0) is 15.1. The van der Waals surface area contributed by atoms with E-state index in [0.29, 0.717) is 21.1 Å². The largest absolute Gasteiger partial charge is 0.323 e. The smallest absolute Gasteiger partial charge is 0.320 e. The molecule has 0 aliphatic rings. The lowest BCUT2D eigenvalue weighted by Gasteiger charge is -2.16. The lowest BCUT2D eigenvalue weighted by atomic mass is 9.99. The van der Waals surface area contributed by atoms with Crippen molar-refractivity contribution in [3.63, 3.8) is 0 Å². The fraction of sp³-hybridized carbons (Fsp3) is 0.0714. The summed E-state index contributed by atoms with van der Waals surface area (Å²) in [5.74, 6) is 0. The highest BCUT2D eigenvalue weighted by molar-refractivity contribution is 9.10. The molecule has 2 aromatic carbocycles. The van der Waals surface area contributed by atoms with Crippen LogP contribution in [0.15, 0.2) is 39.6 Å². The van der Waals surface area contributed by atoms with Crippen molar-refractivity contribution in [3.05, 3.63) is 66.5 Å². The van der Waals surface area contributed by atoms with Crippen LogP contribution in [-0.2, 0) is 0 Å². The van der Waals surface area contributed by atoms with Crippen LogP contribution in [0.5, 0.6) is 0 Å². The van der Waals surface area contributed by atoms with Crippen LogP contribution in [0.2, 0.25) is 10.0 Å². The lowest BCUT2D eigenvalue weighted by molar-refractivity contribution is 0.868. The van der Waals surface area contributed by atoms with Crippen LogP contribution in [0, 0.1) is 0 Å². The van der Waals surface area contributed by atoms with Crippen LogP contribution in [0.1, 0.15) is 17.2 Å². The Bertz CT molecular complexity index is 888. The molecule has 3 aromatic rings. The fourth-order valence-electron chi connectivity index (χ4n) is 2.23. The number of benzene rings is 2. The van der Waals surface area contributed by atoms with E-state index in [9.17, 15) is 4.79 Å². The summed E-state index contributed by atoms with van der Waals surface area (Å²) in [7, 11) is 0. The van der Waals surface area contributed by atoms with Crippen molar-refractivity contribution >= 4 is 50.2 Å². The summed E-state index contributed by atoms with van der Waals surface area (Å²) in [6.45, 7) is 0. The molecule has 1 heterocycles. The maximum Gasteiger partial charge on any atom is 0.323 e. The van der Waals surface area contributed by atoms with Crippen molar-refractivity contribution in [2.45, 2.75) is 6.04 Å². The average molecular weight is 387 g/mol. The molecule has 0 bridgehead atoms. The molecule has 0 amide bonds. The van der Waals surface area contributed by atoms with Crippen LogP contribution < -0.4 is 11.4 Å². The molecule has 0 fully saturated rings. The van der Waals surface area contributed by atoms with Crippen molar-refractivity contribution in [1.82, 2.24) is 9.97 Å². The van der Waals surface area contributed by atoms with Crippen LogP contribution in [0.3, 0.4) is 0 Å². The van der Waals surface area contributed by atoms with E-state index in [0.717, 1.165) is 15.6 Å². The van der Waals surface area contributed by atoms with E-state index >= 15 is 0 Å². The number of hydrogen-bond donors (Lipinski definition) is 3. The predicted octanol–water partition coefficient (Wildman–Crippen LogP) is 3.97. The highest BCUT2D eigenvalue weighted by atomic mass is 79.9. The second kappa shape index (κ2) is 5.50. The van der Waals surface area contributed by atoms with Gasteiger partial charge >= 0.3 is 5.69 Å². The van der Waals surface area contributed by atoms with Gasteiger partial charge in [-0.05, 0) is 41.5 Å². The first-order valence-electron chi connectivity index (χ1n) is 6.07. The second-order valence-electron chi connectivity index (χ2n) is 4.64. The van der Waals surface area contributed by atoms with E-state index in [2.05, 4.69) is 25.9 Å². The fourth-order valence-corrected chi connectivity index (χ4v) is 3.24. The van der Waals surface area contributed by atoms with Crippen LogP contribution in [0.4, 0.5) is 0 Å². The summed E-state index contributed by atoms with van der Waals surface area (Å²) < 4.78 is 0.786. The number of imidazole rings is 1. The summed E-state index contributed by atoms with van der Waals surface area (Å²) in [6.07, 6.45) is 0. The Hall–Kier alpha value is -1.27. The Morgan fingerprint density at radius 2 is 1.71 bits per heavy atom. The normalized spacial score (nSPS) is 12.8. The molecule has 21 heavy (non-hydrogen) atoms. The molecule has 3 rings (SSSR count). The minimum absolute atomic E-state index is 0.261. The Labute approximate surface area is 138 Å². The Kier molecular flexibility index (Phi) is 3.84. The maximum atomic E-state index is 11.4. The van der Waals surface area contributed by atoms with E-state index in [-0.39, 0.29) is 5.69 Å². The van der Waals surface area contributed by atoms with E-state index in [4.69, 9.17) is 28.9 Å². The molecule has 1 aromatic heterocycles. The first kappa shape index (κ1) is 14.7. The van der Waals surface area contributed by atoms with Gasteiger partial charge in [0.1, 0.15) is 0 Å². The lowest BCUT2D eigenvalue weighted by Crippen LogP contribution is -2.13. The molecule has 108 valence electrons. The van der Waals surface area contributed by atoms with Gasteiger partial charge in [0.25, 0.3) is 0 Å². The van der Waals surface area contributed by atoms with Gasteiger partial charge in [0.2, 0.25) is 0 Å². The van der Waals surface area contributed by atoms with Crippen molar-refractivity contribution in [1.29, 1.82) is 0 Å². The van der Waals surface area contributed by atoms with Gasteiger partial charge in [-0.2, -0.15) is 0 Å². The van der Waals surface area contributed by atoms with Crippen LogP contribution >= 0.6 is 39.1 Å². The molecule has 7 heteroatoms. The highest BCUT2D eigenvalue weighted by Crippen LogP contribution is 2.33. The van der Waals surface area contributed by atoms with E-state index in [1.54, 1.807) is 24.3 Å². The number of nitrogens with two attached hydrogens (primary N) is 1. The van der Waals surface area contributed by atoms with Crippen LogP contribution in [-0.4, -0.2) is 9.97 Å².